The zero-order chi connectivity index (χ0) is 11.4. The maximum atomic E-state index is 5.77. The van der Waals surface area contributed by atoms with Gasteiger partial charge in [-0.3, -0.25) is 0 Å². The summed E-state index contributed by atoms with van der Waals surface area (Å²) in [5.41, 5.74) is 10.1. The van der Waals surface area contributed by atoms with Gasteiger partial charge < -0.3 is 11.1 Å². The highest BCUT2D eigenvalue weighted by Gasteiger charge is 1.96. The Morgan fingerprint density at radius 3 is 2.50 bits per heavy atom. The molecule has 0 bridgehead atoms. The van der Waals surface area contributed by atoms with Crippen LogP contribution in [0.15, 0.2) is 48.5 Å². The Labute approximate surface area is 96.1 Å². The third-order valence-electron chi connectivity index (χ3n) is 2.61. The average molecular weight is 212 g/mol. The van der Waals surface area contributed by atoms with E-state index in [4.69, 9.17) is 5.73 Å². The first-order valence-electron chi connectivity index (χ1n) is 5.39. The van der Waals surface area contributed by atoms with E-state index in [0.29, 0.717) is 0 Å². The summed E-state index contributed by atoms with van der Waals surface area (Å²) in [4.78, 5) is 0. The number of nitrogens with two attached hydrogens (primary N) is 1. The quantitative estimate of drug-likeness (QED) is 0.767. The molecule has 0 amide bonds. The van der Waals surface area contributed by atoms with Crippen LogP contribution in [0.4, 0.5) is 11.4 Å². The molecule has 0 aromatic heterocycles. The fourth-order valence-electron chi connectivity index (χ4n) is 1.59. The molecule has 0 radical (unpaired) electrons. The highest BCUT2D eigenvalue weighted by atomic mass is 14.9. The third kappa shape index (κ3) is 2.54. The molecule has 2 rings (SSSR count). The lowest BCUT2D eigenvalue weighted by atomic mass is 10.1. The molecule has 0 aliphatic rings. The predicted molar refractivity (Wildman–Crippen MR) is 69.4 cm³/mol. The van der Waals surface area contributed by atoms with E-state index in [1.54, 1.807) is 0 Å². The van der Waals surface area contributed by atoms with E-state index in [9.17, 15) is 0 Å². The molecule has 2 aromatic carbocycles. The van der Waals surface area contributed by atoms with Gasteiger partial charge in [0.1, 0.15) is 0 Å². The number of benzene rings is 2. The Kier molecular flexibility index (Phi) is 3.10. The van der Waals surface area contributed by atoms with Crippen LogP contribution < -0.4 is 11.1 Å². The lowest BCUT2D eigenvalue weighted by Crippen LogP contribution is -2.00. The topological polar surface area (TPSA) is 38.0 Å². The molecule has 0 spiro atoms. The molecule has 0 saturated carbocycles. The second-order valence-electron chi connectivity index (χ2n) is 3.91. The van der Waals surface area contributed by atoms with Crippen LogP contribution in [0.1, 0.15) is 11.1 Å². The highest BCUT2D eigenvalue weighted by molar-refractivity contribution is 5.56. The highest BCUT2D eigenvalue weighted by Crippen LogP contribution is 2.17. The zero-order valence-corrected chi connectivity index (χ0v) is 9.40. The Morgan fingerprint density at radius 1 is 1.06 bits per heavy atom. The number of anilines is 2. The van der Waals surface area contributed by atoms with Crippen molar-refractivity contribution >= 4 is 11.4 Å². The van der Waals surface area contributed by atoms with Crippen molar-refractivity contribution in [2.75, 3.05) is 11.1 Å². The monoisotopic (exact) mass is 212 g/mol. The minimum Gasteiger partial charge on any atom is -0.399 e. The van der Waals surface area contributed by atoms with Gasteiger partial charge in [0.15, 0.2) is 0 Å². The number of nitrogens with one attached hydrogen (secondary N) is 1. The van der Waals surface area contributed by atoms with Crippen molar-refractivity contribution in [1.82, 2.24) is 0 Å². The molecule has 16 heavy (non-hydrogen) atoms. The van der Waals surface area contributed by atoms with Crippen molar-refractivity contribution in [3.63, 3.8) is 0 Å². The Balaban J connectivity index is 2.03. The molecule has 0 aliphatic carbocycles. The van der Waals surface area contributed by atoms with Gasteiger partial charge in [0, 0.05) is 17.9 Å². The van der Waals surface area contributed by atoms with Crippen LogP contribution in [-0.2, 0) is 6.54 Å². The van der Waals surface area contributed by atoms with Crippen LogP contribution in [0.25, 0.3) is 0 Å². The van der Waals surface area contributed by atoms with E-state index in [2.05, 4.69) is 23.5 Å². The second kappa shape index (κ2) is 4.71. The summed E-state index contributed by atoms with van der Waals surface area (Å²) in [5.74, 6) is 0. The van der Waals surface area contributed by atoms with Crippen LogP contribution in [0.2, 0.25) is 0 Å². The molecule has 3 N–H and O–H groups in total. The van der Waals surface area contributed by atoms with Gasteiger partial charge in [-0.1, -0.05) is 30.3 Å². The van der Waals surface area contributed by atoms with Crippen LogP contribution in [0, 0.1) is 6.92 Å². The number of hydrogen-bond donors (Lipinski definition) is 2. The van der Waals surface area contributed by atoms with Gasteiger partial charge in [-0.05, 0) is 36.2 Å². The zero-order valence-electron chi connectivity index (χ0n) is 9.40. The molecular weight excluding hydrogens is 196 g/mol. The standard InChI is InChI=1S/C14H16N2/c1-11-9-13(7-8-14(11)15)16-10-12-5-3-2-4-6-12/h2-9,16H,10,15H2,1H3. The average Bonchev–Trinajstić information content (AvgIpc) is 2.32. The maximum Gasteiger partial charge on any atom is 0.0400 e. The summed E-state index contributed by atoms with van der Waals surface area (Å²) in [6.07, 6.45) is 0. The molecule has 2 nitrogen and oxygen atoms in total. The van der Waals surface area contributed by atoms with Gasteiger partial charge in [0.05, 0.1) is 0 Å². The fourth-order valence-corrected chi connectivity index (χ4v) is 1.59. The van der Waals surface area contributed by atoms with Crippen LogP contribution in [0.3, 0.4) is 0 Å². The minimum absolute atomic E-state index is 0.837. The van der Waals surface area contributed by atoms with E-state index in [1.807, 2.05) is 37.3 Å². The van der Waals surface area contributed by atoms with Gasteiger partial charge in [-0.15, -0.1) is 0 Å². The minimum atomic E-state index is 0.837. The molecular formula is C14H16N2. The smallest absolute Gasteiger partial charge is 0.0400 e. The normalized spacial score (nSPS) is 10.1. The van der Waals surface area contributed by atoms with E-state index in [0.717, 1.165) is 23.5 Å². The molecule has 82 valence electrons. The van der Waals surface area contributed by atoms with Crippen LogP contribution in [0.5, 0.6) is 0 Å². The van der Waals surface area contributed by atoms with Crippen molar-refractivity contribution in [3.8, 4) is 0 Å². The van der Waals surface area contributed by atoms with Crippen molar-refractivity contribution in [2.45, 2.75) is 13.5 Å². The van der Waals surface area contributed by atoms with Crippen molar-refractivity contribution in [3.05, 3.63) is 59.7 Å². The molecule has 0 aliphatic heterocycles. The van der Waals surface area contributed by atoms with E-state index in [-0.39, 0.29) is 0 Å². The molecule has 0 unspecified atom stereocenters. The molecule has 0 fully saturated rings. The van der Waals surface area contributed by atoms with Gasteiger partial charge in [-0.25, -0.2) is 0 Å². The number of nitrogen functional groups attached to an aromatic ring is 1. The summed E-state index contributed by atoms with van der Waals surface area (Å²) in [6.45, 7) is 2.85. The summed E-state index contributed by atoms with van der Waals surface area (Å²) in [5, 5.41) is 3.37. The Morgan fingerprint density at radius 2 is 1.81 bits per heavy atom. The first-order chi connectivity index (χ1) is 7.75. The molecule has 0 heterocycles. The summed E-state index contributed by atoms with van der Waals surface area (Å²) in [7, 11) is 0. The lowest BCUT2D eigenvalue weighted by molar-refractivity contribution is 1.15. The van der Waals surface area contributed by atoms with Gasteiger partial charge in [-0.2, -0.15) is 0 Å². The lowest BCUT2D eigenvalue weighted by Gasteiger charge is -2.08. The van der Waals surface area contributed by atoms with Crippen molar-refractivity contribution in [1.29, 1.82) is 0 Å². The van der Waals surface area contributed by atoms with Crippen molar-refractivity contribution < 1.29 is 0 Å². The van der Waals surface area contributed by atoms with Crippen LogP contribution in [-0.4, -0.2) is 0 Å². The Bertz CT molecular complexity index is 463. The summed E-state index contributed by atoms with van der Waals surface area (Å²) < 4.78 is 0. The Hall–Kier alpha value is -1.96. The number of aryl methyl sites for hydroxylation is 1. The van der Waals surface area contributed by atoms with Gasteiger partial charge in [0.2, 0.25) is 0 Å². The fraction of sp³-hybridized carbons (Fsp3) is 0.143. The summed E-state index contributed by atoms with van der Waals surface area (Å²) in [6, 6.07) is 16.3. The molecule has 0 atom stereocenters. The first kappa shape index (κ1) is 10.6. The van der Waals surface area contributed by atoms with E-state index >= 15 is 0 Å². The SMILES string of the molecule is Cc1cc(NCc2ccccc2)ccc1N. The van der Waals surface area contributed by atoms with Crippen molar-refractivity contribution in [2.24, 2.45) is 0 Å². The van der Waals surface area contributed by atoms with E-state index in [1.165, 1.54) is 5.56 Å². The van der Waals surface area contributed by atoms with Crippen LogP contribution >= 0.6 is 0 Å². The second-order valence-corrected chi connectivity index (χ2v) is 3.91. The predicted octanol–water partition coefficient (Wildman–Crippen LogP) is 3.19. The summed E-state index contributed by atoms with van der Waals surface area (Å²) >= 11 is 0. The van der Waals surface area contributed by atoms with Gasteiger partial charge in [0.25, 0.3) is 0 Å². The molecule has 2 aromatic rings. The number of rotatable bonds is 3. The molecule has 2 heteroatoms. The third-order valence-corrected chi connectivity index (χ3v) is 2.61. The van der Waals surface area contributed by atoms with Gasteiger partial charge >= 0.3 is 0 Å². The largest absolute Gasteiger partial charge is 0.399 e. The van der Waals surface area contributed by atoms with E-state index < -0.39 is 0 Å². The maximum absolute atomic E-state index is 5.77. The molecule has 0 saturated heterocycles. The number of hydrogen-bond acceptors (Lipinski definition) is 2. The first-order valence-corrected chi connectivity index (χ1v) is 5.39.